The van der Waals surface area contributed by atoms with Crippen molar-refractivity contribution in [3.05, 3.63) is 52.2 Å². The van der Waals surface area contributed by atoms with Gasteiger partial charge in [-0.3, -0.25) is 4.79 Å². The number of carbonyl (C=O) groups excluding carboxylic acids is 1. The monoisotopic (exact) mass is 371 g/mol. The van der Waals surface area contributed by atoms with Crippen LogP contribution in [-0.4, -0.2) is 30.6 Å². The van der Waals surface area contributed by atoms with Gasteiger partial charge in [0.2, 0.25) is 0 Å². The first-order chi connectivity index (χ1) is 12.2. The van der Waals surface area contributed by atoms with Crippen LogP contribution >= 0.6 is 22.7 Å². The molecule has 0 unspecified atom stereocenters. The molecular weight excluding hydrogens is 354 g/mol. The zero-order valence-corrected chi connectivity index (χ0v) is 15.3. The highest BCUT2D eigenvalue weighted by Gasteiger charge is 2.30. The smallest absolute Gasteiger partial charge is 0.262 e. The van der Waals surface area contributed by atoms with Crippen molar-refractivity contribution in [3.8, 4) is 16.3 Å². The minimum absolute atomic E-state index is 0.114. The Morgan fingerprint density at radius 3 is 3.04 bits per heavy atom. The van der Waals surface area contributed by atoms with Crippen LogP contribution in [-0.2, 0) is 11.3 Å². The van der Waals surface area contributed by atoms with Crippen molar-refractivity contribution in [1.29, 1.82) is 0 Å². The van der Waals surface area contributed by atoms with E-state index in [1.54, 1.807) is 29.7 Å². The van der Waals surface area contributed by atoms with Crippen LogP contribution in [0.15, 0.2) is 46.5 Å². The second-order valence-electron chi connectivity index (χ2n) is 5.73. The SMILES string of the molecule is CNC(=O)[C@@H]1CN(Cc2csc(-c3ccsc3)n2)c2ccccc2O1. The van der Waals surface area contributed by atoms with E-state index in [4.69, 9.17) is 9.72 Å². The zero-order valence-electron chi connectivity index (χ0n) is 13.6. The molecule has 4 rings (SSSR count). The Balaban J connectivity index is 1.59. The first-order valence-electron chi connectivity index (χ1n) is 7.94. The van der Waals surface area contributed by atoms with E-state index >= 15 is 0 Å². The Morgan fingerprint density at radius 2 is 2.24 bits per heavy atom. The number of carbonyl (C=O) groups is 1. The van der Waals surface area contributed by atoms with Gasteiger partial charge in [0.15, 0.2) is 6.10 Å². The van der Waals surface area contributed by atoms with Crippen molar-refractivity contribution in [2.24, 2.45) is 0 Å². The summed E-state index contributed by atoms with van der Waals surface area (Å²) in [5.74, 6) is 0.618. The van der Waals surface area contributed by atoms with Gasteiger partial charge in [-0.05, 0) is 23.6 Å². The number of thiazole rings is 1. The second kappa shape index (κ2) is 6.85. The van der Waals surface area contributed by atoms with E-state index in [9.17, 15) is 4.79 Å². The summed E-state index contributed by atoms with van der Waals surface area (Å²) in [6, 6.07) is 9.89. The predicted octanol–water partition coefficient (Wildman–Crippen LogP) is 3.39. The first-order valence-corrected chi connectivity index (χ1v) is 9.76. The average Bonchev–Trinajstić information content (AvgIpc) is 3.32. The highest BCUT2D eigenvalue weighted by molar-refractivity contribution is 7.14. The molecule has 0 spiro atoms. The van der Waals surface area contributed by atoms with Crippen LogP contribution in [0.25, 0.3) is 10.6 Å². The predicted molar refractivity (Wildman–Crippen MR) is 101 cm³/mol. The van der Waals surface area contributed by atoms with Gasteiger partial charge >= 0.3 is 0 Å². The second-order valence-corrected chi connectivity index (χ2v) is 7.36. The lowest BCUT2D eigenvalue weighted by molar-refractivity contribution is -0.127. The first kappa shape index (κ1) is 16.1. The van der Waals surface area contributed by atoms with Gasteiger partial charge in [-0.25, -0.2) is 4.98 Å². The minimum atomic E-state index is -0.519. The van der Waals surface area contributed by atoms with Crippen LogP contribution in [0.1, 0.15) is 5.69 Å². The number of aromatic nitrogens is 1. The number of hydrogen-bond acceptors (Lipinski definition) is 6. The molecule has 1 aliphatic heterocycles. The van der Waals surface area contributed by atoms with Crippen LogP contribution in [0.3, 0.4) is 0 Å². The lowest BCUT2D eigenvalue weighted by Gasteiger charge is -2.35. The molecule has 1 N–H and O–H groups in total. The summed E-state index contributed by atoms with van der Waals surface area (Å²) in [6.07, 6.45) is -0.519. The molecule has 0 saturated heterocycles. The van der Waals surface area contributed by atoms with E-state index in [0.29, 0.717) is 13.1 Å². The number of amides is 1. The Hall–Kier alpha value is -2.38. The molecule has 0 aliphatic carbocycles. The van der Waals surface area contributed by atoms with Crippen LogP contribution in [0.4, 0.5) is 5.69 Å². The lowest BCUT2D eigenvalue weighted by Crippen LogP contribution is -2.47. The largest absolute Gasteiger partial charge is 0.477 e. The van der Waals surface area contributed by atoms with E-state index in [2.05, 4.69) is 32.4 Å². The van der Waals surface area contributed by atoms with Gasteiger partial charge in [0.1, 0.15) is 10.8 Å². The summed E-state index contributed by atoms with van der Waals surface area (Å²) < 4.78 is 5.85. The summed E-state index contributed by atoms with van der Waals surface area (Å²) in [5.41, 5.74) is 3.15. The van der Waals surface area contributed by atoms with Gasteiger partial charge in [-0.2, -0.15) is 11.3 Å². The maximum absolute atomic E-state index is 12.1. The number of thiophene rings is 1. The molecule has 3 heterocycles. The van der Waals surface area contributed by atoms with Crippen LogP contribution in [0.2, 0.25) is 0 Å². The molecule has 5 nitrogen and oxygen atoms in total. The van der Waals surface area contributed by atoms with Crippen molar-refractivity contribution in [2.75, 3.05) is 18.5 Å². The minimum Gasteiger partial charge on any atom is -0.477 e. The highest BCUT2D eigenvalue weighted by atomic mass is 32.1. The van der Waals surface area contributed by atoms with Gasteiger partial charge in [0.05, 0.1) is 24.5 Å². The number of rotatable bonds is 4. The summed E-state index contributed by atoms with van der Waals surface area (Å²) in [6.45, 7) is 1.15. The molecule has 0 fully saturated rings. The summed E-state index contributed by atoms with van der Waals surface area (Å²) in [7, 11) is 1.63. The number of para-hydroxylation sites is 2. The molecule has 1 atom stereocenters. The Labute approximate surface area is 153 Å². The number of nitrogens with zero attached hydrogens (tertiary/aromatic N) is 2. The molecule has 1 aliphatic rings. The Morgan fingerprint density at radius 1 is 1.36 bits per heavy atom. The molecule has 0 bridgehead atoms. The van der Waals surface area contributed by atoms with Gasteiger partial charge in [0, 0.05) is 23.4 Å². The molecular formula is C18H17N3O2S2. The number of benzene rings is 1. The normalized spacial score (nSPS) is 16.2. The molecule has 3 aromatic rings. The molecule has 128 valence electrons. The quantitative estimate of drug-likeness (QED) is 0.764. The summed E-state index contributed by atoms with van der Waals surface area (Å²) >= 11 is 3.32. The van der Waals surface area contributed by atoms with Crippen molar-refractivity contribution in [2.45, 2.75) is 12.6 Å². The molecule has 7 heteroatoms. The molecule has 2 aromatic heterocycles. The summed E-state index contributed by atoms with van der Waals surface area (Å²) in [4.78, 5) is 19.0. The number of anilines is 1. The number of ether oxygens (including phenoxy) is 1. The standard InChI is InChI=1S/C18H17N3O2S2/c1-19-17(22)16-9-21(14-4-2-3-5-15(14)23-16)8-13-11-25-18(20-13)12-6-7-24-10-12/h2-7,10-11,16H,8-9H2,1H3,(H,19,22)/t16-/m0/s1. The van der Waals surface area contributed by atoms with E-state index < -0.39 is 6.10 Å². The van der Waals surface area contributed by atoms with Crippen molar-refractivity contribution >= 4 is 34.3 Å². The van der Waals surface area contributed by atoms with Gasteiger partial charge in [0.25, 0.3) is 5.91 Å². The zero-order chi connectivity index (χ0) is 17.2. The van der Waals surface area contributed by atoms with Gasteiger partial charge in [-0.1, -0.05) is 12.1 Å². The third-order valence-electron chi connectivity index (χ3n) is 4.07. The Kier molecular flexibility index (Phi) is 4.42. The van der Waals surface area contributed by atoms with Gasteiger partial charge < -0.3 is 15.0 Å². The molecule has 1 amide bonds. The third kappa shape index (κ3) is 3.25. The number of fused-ring (bicyclic) bond motifs is 1. The van der Waals surface area contributed by atoms with E-state index in [1.165, 1.54) is 0 Å². The molecule has 0 saturated carbocycles. The fourth-order valence-corrected chi connectivity index (χ4v) is 4.37. The van der Waals surface area contributed by atoms with Crippen molar-refractivity contribution in [3.63, 3.8) is 0 Å². The maximum Gasteiger partial charge on any atom is 0.262 e. The van der Waals surface area contributed by atoms with Crippen molar-refractivity contribution < 1.29 is 9.53 Å². The molecule has 25 heavy (non-hydrogen) atoms. The van der Waals surface area contributed by atoms with E-state index in [-0.39, 0.29) is 5.91 Å². The Bertz CT molecular complexity index is 876. The van der Waals surface area contributed by atoms with Crippen LogP contribution in [0.5, 0.6) is 5.75 Å². The van der Waals surface area contributed by atoms with Gasteiger partial charge in [-0.15, -0.1) is 11.3 Å². The topological polar surface area (TPSA) is 54.5 Å². The van der Waals surface area contributed by atoms with Crippen LogP contribution < -0.4 is 15.0 Å². The third-order valence-corrected chi connectivity index (χ3v) is 5.70. The maximum atomic E-state index is 12.1. The fraction of sp³-hybridized carbons (Fsp3) is 0.222. The highest BCUT2D eigenvalue weighted by Crippen LogP contribution is 2.34. The van der Waals surface area contributed by atoms with E-state index in [1.807, 2.05) is 24.3 Å². The van der Waals surface area contributed by atoms with Crippen LogP contribution in [0, 0.1) is 0 Å². The molecule has 0 radical (unpaired) electrons. The average molecular weight is 371 g/mol. The number of hydrogen-bond donors (Lipinski definition) is 1. The number of nitrogens with one attached hydrogen (secondary N) is 1. The summed E-state index contributed by atoms with van der Waals surface area (Å²) in [5, 5.41) is 9.94. The lowest BCUT2D eigenvalue weighted by atomic mass is 10.1. The van der Waals surface area contributed by atoms with E-state index in [0.717, 1.165) is 27.7 Å². The fourth-order valence-electron chi connectivity index (χ4n) is 2.85. The molecule has 1 aromatic carbocycles. The van der Waals surface area contributed by atoms with Crippen molar-refractivity contribution in [1.82, 2.24) is 10.3 Å². The number of likely N-dealkylation sites (N-methyl/N-ethyl adjacent to an activating group) is 1.